The van der Waals surface area contributed by atoms with Crippen LogP contribution in [0, 0.1) is 0 Å². The molecule has 1 N–H and O–H groups in total. The molecule has 0 spiro atoms. The highest BCUT2D eigenvalue weighted by Gasteiger charge is 2.14. The quantitative estimate of drug-likeness (QED) is 0.228. The Labute approximate surface area is 225 Å². The molecule has 0 radical (unpaired) electrons. The lowest BCUT2D eigenvalue weighted by Gasteiger charge is -2.24. The van der Waals surface area contributed by atoms with Crippen molar-refractivity contribution in [2.24, 2.45) is 0 Å². The summed E-state index contributed by atoms with van der Waals surface area (Å²) in [6, 6.07) is 15.0. The maximum atomic E-state index is 10.4. The van der Waals surface area contributed by atoms with E-state index < -0.39 is 6.10 Å². The van der Waals surface area contributed by atoms with Crippen molar-refractivity contribution in [2.45, 2.75) is 6.10 Å². The Morgan fingerprint density at radius 3 is 1.18 bits per heavy atom. The molecule has 2 aromatic carbocycles. The van der Waals surface area contributed by atoms with E-state index in [-0.39, 0.29) is 47.2 Å². The lowest BCUT2D eigenvalue weighted by molar-refractivity contribution is -0.870. The van der Waals surface area contributed by atoms with Crippen molar-refractivity contribution in [3.8, 4) is 23.0 Å². The fourth-order valence-corrected chi connectivity index (χ4v) is 2.66. The van der Waals surface area contributed by atoms with Gasteiger partial charge in [0.15, 0.2) is 23.0 Å². The largest absolute Gasteiger partial charge is 1.00 e. The van der Waals surface area contributed by atoms with Crippen molar-refractivity contribution < 1.29 is 67.0 Å². The van der Waals surface area contributed by atoms with Crippen molar-refractivity contribution in [3.05, 3.63) is 48.5 Å². The molecular formula is C25H40Br2N2O5. The van der Waals surface area contributed by atoms with Crippen LogP contribution >= 0.6 is 0 Å². The van der Waals surface area contributed by atoms with Crippen molar-refractivity contribution in [2.75, 3.05) is 81.8 Å². The van der Waals surface area contributed by atoms with Gasteiger partial charge < -0.3 is 67.0 Å². The van der Waals surface area contributed by atoms with Gasteiger partial charge in [0.05, 0.1) is 42.3 Å². The molecule has 0 amide bonds. The molecule has 0 fully saturated rings. The highest BCUT2D eigenvalue weighted by molar-refractivity contribution is 5.40. The van der Waals surface area contributed by atoms with Crippen LogP contribution in [0.5, 0.6) is 23.0 Å². The van der Waals surface area contributed by atoms with Crippen LogP contribution in [0.4, 0.5) is 0 Å². The summed E-state index contributed by atoms with van der Waals surface area (Å²) in [7, 11) is 12.7. The van der Waals surface area contributed by atoms with Crippen LogP contribution in [0.1, 0.15) is 0 Å². The molecule has 0 aliphatic carbocycles. The van der Waals surface area contributed by atoms with Gasteiger partial charge in [-0.3, -0.25) is 0 Å². The van der Waals surface area contributed by atoms with Crippen molar-refractivity contribution in [3.63, 3.8) is 0 Å². The smallest absolute Gasteiger partial charge is 0.161 e. The number of nitrogens with zero attached hydrogens (tertiary/aromatic N) is 2. The van der Waals surface area contributed by atoms with Gasteiger partial charge in [-0.25, -0.2) is 0 Å². The highest BCUT2D eigenvalue weighted by atomic mass is 79.9. The van der Waals surface area contributed by atoms with Crippen LogP contribution < -0.4 is 52.9 Å². The van der Waals surface area contributed by atoms with E-state index in [0.717, 1.165) is 22.1 Å². The van der Waals surface area contributed by atoms with Gasteiger partial charge in [0.2, 0.25) is 0 Å². The minimum absolute atomic E-state index is 0. The Kier molecular flexibility index (Phi) is 14.8. The fourth-order valence-electron chi connectivity index (χ4n) is 2.66. The monoisotopic (exact) mass is 606 g/mol. The number of hydrogen-bond acceptors (Lipinski definition) is 5. The van der Waals surface area contributed by atoms with Gasteiger partial charge in [0.25, 0.3) is 0 Å². The van der Waals surface area contributed by atoms with Crippen molar-refractivity contribution in [1.29, 1.82) is 0 Å². The van der Waals surface area contributed by atoms with Crippen LogP contribution in [-0.2, 0) is 0 Å². The molecule has 0 aromatic heterocycles. The maximum absolute atomic E-state index is 10.4. The number of ether oxygens (including phenoxy) is 4. The Balaban J connectivity index is 0.00000544. The first-order valence-electron chi connectivity index (χ1n) is 11.0. The zero-order valence-corrected chi connectivity index (χ0v) is 24.3. The third-order valence-corrected chi connectivity index (χ3v) is 4.60. The Morgan fingerprint density at radius 2 is 0.882 bits per heavy atom. The standard InChI is InChI=1S/C25H40N2O5.2BrH/c1-26(2,3)15-17-29-22-11-7-9-13-24(22)31-19-21(28)20-32-25-14-10-8-12-23(25)30-18-16-27(4,5)6;;/h7-14,21,28H,15-20H2,1-6H3;2*1H/q+2;;/p-2. The summed E-state index contributed by atoms with van der Waals surface area (Å²) in [5.41, 5.74) is 0. The minimum atomic E-state index is -0.798. The Bertz CT molecular complexity index is 758. The van der Waals surface area contributed by atoms with E-state index >= 15 is 0 Å². The van der Waals surface area contributed by atoms with Gasteiger partial charge in [0.1, 0.15) is 45.6 Å². The number of aliphatic hydroxyl groups excluding tert-OH is 1. The molecule has 0 aliphatic heterocycles. The van der Waals surface area contributed by atoms with Crippen molar-refractivity contribution in [1.82, 2.24) is 0 Å². The third kappa shape index (κ3) is 13.4. The summed E-state index contributed by atoms with van der Waals surface area (Å²) < 4.78 is 25.0. The second-order valence-electron chi connectivity index (χ2n) is 9.89. The lowest BCUT2D eigenvalue weighted by Crippen LogP contribution is -3.00. The number of benzene rings is 2. The molecule has 2 aromatic rings. The van der Waals surface area contributed by atoms with Gasteiger partial charge in [-0.15, -0.1) is 0 Å². The number of aliphatic hydroxyl groups is 1. The lowest BCUT2D eigenvalue weighted by atomic mass is 10.3. The molecule has 0 unspecified atom stereocenters. The molecule has 34 heavy (non-hydrogen) atoms. The molecule has 0 saturated carbocycles. The zero-order chi connectivity index (χ0) is 23.6. The van der Waals surface area contributed by atoms with E-state index in [9.17, 15) is 5.11 Å². The summed E-state index contributed by atoms with van der Waals surface area (Å²) in [5, 5.41) is 10.4. The van der Waals surface area contributed by atoms with E-state index in [1.54, 1.807) is 0 Å². The number of rotatable bonds is 14. The predicted molar refractivity (Wildman–Crippen MR) is 127 cm³/mol. The molecular weight excluding hydrogens is 568 g/mol. The number of para-hydroxylation sites is 4. The number of quaternary nitrogens is 2. The predicted octanol–water partition coefficient (Wildman–Crippen LogP) is -3.32. The van der Waals surface area contributed by atoms with Crippen LogP contribution in [0.3, 0.4) is 0 Å². The van der Waals surface area contributed by atoms with Gasteiger partial charge >= 0.3 is 0 Å². The number of hydrogen-bond donors (Lipinski definition) is 1. The molecule has 194 valence electrons. The topological polar surface area (TPSA) is 57.2 Å². The van der Waals surface area contributed by atoms with Crippen molar-refractivity contribution >= 4 is 0 Å². The van der Waals surface area contributed by atoms with E-state index in [1.165, 1.54) is 0 Å². The van der Waals surface area contributed by atoms with Gasteiger partial charge in [-0.1, -0.05) is 24.3 Å². The summed E-state index contributed by atoms with van der Waals surface area (Å²) in [4.78, 5) is 0. The number of likely N-dealkylation sites (N-methyl/N-ethyl adjacent to an activating group) is 2. The summed E-state index contributed by atoms with van der Waals surface area (Å²) in [6.45, 7) is 3.11. The first kappa shape index (κ1) is 32.5. The zero-order valence-electron chi connectivity index (χ0n) is 21.2. The molecule has 7 nitrogen and oxygen atoms in total. The maximum Gasteiger partial charge on any atom is 0.161 e. The highest BCUT2D eigenvalue weighted by Crippen LogP contribution is 2.28. The Hall–Kier alpha value is -1.52. The fraction of sp³-hybridized carbons (Fsp3) is 0.520. The van der Waals surface area contributed by atoms with Gasteiger partial charge in [0, 0.05) is 0 Å². The first-order valence-corrected chi connectivity index (χ1v) is 11.0. The van der Waals surface area contributed by atoms with Gasteiger partial charge in [-0.05, 0) is 24.3 Å². The van der Waals surface area contributed by atoms with Crippen LogP contribution in [-0.4, -0.2) is 102 Å². The first-order chi connectivity index (χ1) is 15.0. The van der Waals surface area contributed by atoms with Crippen LogP contribution in [0.2, 0.25) is 0 Å². The molecule has 0 aliphatic rings. The second kappa shape index (κ2) is 15.5. The SMILES string of the molecule is C[N+](C)(C)CCOc1ccccc1OCC(O)COc1ccccc1OCC[N+](C)(C)C.[Br-].[Br-]. The second-order valence-corrected chi connectivity index (χ2v) is 9.89. The third-order valence-electron chi connectivity index (χ3n) is 4.60. The normalized spacial score (nSPS) is 11.3. The molecule has 0 bridgehead atoms. The Morgan fingerprint density at radius 1 is 0.588 bits per heavy atom. The van der Waals surface area contributed by atoms with Crippen LogP contribution in [0.25, 0.3) is 0 Å². The summed E-state index contributed by atoms with van der Waals surface area (Å²) in [6.07, 6.45) is -0.798. The molecule has 2 rings (SSSR count). The molecule has 9 heteroatoms. The van der Waals surface area contributed by atoms with E-state index in [4.69, 9.17) is 18.9 Å². The molecule has 0 saturated heterocycles. The molecule has 0 heterocycles. The van der Waals surface area contributed by atoms with Gasteiger partial charge in [-0.2, -0.15) is 0 Å². The van der Waals surface area contributed by atoms with E-state index in [2.05, 4.69) is 42.3 Å². The van der Waals surface area contributed by atoms with E-state index in [1.807, 2.05) is 48.5 Å². The van der Waals surface area contributed by atoms with Crippen LogP contribution in [0.15, 0.2) is 48.5 Å². The molecule has 0 atom stereocenters. The average molecular weight is 608 g/mol. The average Bonchev–Trinajstić information content (AvgIpc) is 2.70. The minimum Gasteiger partial charge on any atom is -1.00 e. The van der Waals surface area contributed by atoms with E-state index in [0.29, 0.717) is 36.2 Å². The summed E-state index contributed by atoms with van der Waals surface area (Å²) >= 11 is 0. The number of halogens is 2. The summed E-state index contributed by atoms with van der Waals surface area (Å²) in [5.74, 6) is 2.56.